The predicted molar refractivity (Wildman–Crippen MR) is 117 cm³/mol. The molecule has 4 rings (SSSR count). The van der Waals surface area contributed by atoms with E-state index in [2.05, 4.69) is 10.5 Å². The van der Waals surface area contributed by atoms with E-state index in [1.807, 2.05) is 54.6 Å². The molecule has 0 saturated heterocycles. The molecule has 6 heteroatoms. The molecule has 1 aromatic heterocycles. The lowest BCUT2D eigenvalue weighted by Crippen LogP contribution is -2.24. The zero-order valence-corrected chi connectivity index (χ0v) is 16.5. The highest BCUT2D eigenvalue weighted by Gasteiger charge is 2.05. The SMILES string of the molecule is O=C(COc1ccc(-c2ccccc2)cc1)NN=Cc1ccc(-c2ccc(F)cc2)o1. The summed E-state index contributed by atoms with van der Waals surface area (Å²) in [6, 6.07) is 26.9. The van der Waals surface area contributed by atoms with Crippen LogP contribution in [0, 0.1) is 5.82 Å². The second-order valence-corrected chi connectivity index (χ2v) is 6.68. The van der Waals surface area contributed by atoms with Gasteiger partial charge in [0.2, 0.25) is 0 Å². The Morgan fingerprint density at radius 2 is 1.55 bits per heavy atom. The van der Waals surface area contributed by atoms with Crippen molar-refractivity contribution >= 4 is 12.1 Å². The van der Waals surface area contributed by atoms with Crippen molar-refractivity contribution in [1.29, 1.82) is 0 Å². The molecule has 0 aliphatic heterocycles. The van der Waals surface area contributed by atoms with Crippen molar-refractivity contribution in [1.82, 2.24) is 5.43 Å². The van der Waals surface area contributed by atoms with Crippen LogP contribution in [0.3, 0.4) is 0 Å². The molecule has 1 heterocycles. The van der Waals surface area contributed by atoms with Crippen molar-refractivity contribution in [3.05, 3.63) is 103 Å². The van der Waals surface area contributed by atoms with E-state index in [-0.39, 0.29) is 12.4 Å². The van der Waals surface area contributed by atoms with E-state index in [9.17, 15) is 9.18 Å². The number of rotatable bonds is 7. The van der Waals surface area contributed by atoms with Gasteiger partial charge in [-0.25, -0.2) is 9.82 Å². The van der Waals surface area contributed by atoms with Crippen LogP contribution in [0.25, 0.3) is 22.5 Å². The van der Waals surface area contributed by atoms with Crippen molar-refractivity contribution in [3.8, 4) is 28.2 Å². The van der Waals surface area contributed by atoms with Gasteiger partial charge in [-0.05, 0) is 59.7 Å². The lowest BCUT2D eigenvalue weighted by atomic mass is 10.1. The van der Waals surface area contributed by atoms with E-state index in [1.165, 1.54) is 18.3 Å². The molecule has 0 spiro atoms. The number of ether oxygens (including phenoxy) is 1. The first-order valence-electron chi connectivity index (χ1n) is 9.63. The largest absolute Gasteiger partial charge is 0.484 e. The van der Waals surface area contributed by atoms with E-state index in [0.717, 1.165) is 16.7 Å². The summed E-state index contributed by atoms with van der Waals surface area (Å²) in [4.78, 5) is 11.9. The summed E-state index contributed by atoms with van der Waals surface area (Å²) in [6.45, 7) is -0.166. The predicted octanol–water partition coefficient (Wildman–Crippen LogP) is 5.28. The van der Waals surface area contributed by atoms with E-state index in [1.54, 1.807) is 24.3 Å². The number of hydrazone groups is 1. The molecule has 0 fully saturated rings. The fourth-order valence-electron chi connectivity index (χ4n) is 2.91. The first-order chi connectivity index (χ1) is 15.2. The van der Waals surface area contributed by atoms with Crippen molar-refractivity contribution in [2.45, 2.75) is 0 Å². The molecule has 0 radical (unpaired) electrons. The number of hydrogen-bond donors (Lipinski definition) is 1. The molecule has 5 nitrogen and oxygen atoms in total. The van der Waals surface area contributed by atoms with Crippen LogP contribution >= 0.6 is 0 Å². The van der Waals surface area contributed by atoms with Gasteiger partial charge in [-0.15, -0.1) is 0 Å². The van der Waals surface area contributed by atoms with Gasteiger partial charge in [0.15, 0.2) is 6.61 Å². The number of carbonyl (C=O) groups is 1. The Labute approximate surface area is 178 Å². The van der Waals surface area contributed by atoms with Gasteiger partial charge < -0.3 is 9.15 Å². The van der Waals surface area contributed by atoms with Gasteiger partial charge in [-0.2, -0.15) is 5.10 Å². The molecule has 0 bridgehead atoms. The third-order valence-corrected chi connectivity index (χ3v) is 4.47. The third kappa shape index (κ3) is 5.45. The lowest BCUT2D eigenvalue weighted by molar-refractivity contribution is -0.123. The maximum absolute atomic E-state index is 13.0. The summed E-state index contributed by atoms with van der Waals surface area (Å²) in [5.41, 5.74) is 5.32. The standard InChI is InChI=1S/C25H19FN2O3/c26-21-10-6-20(7-11-21)24-15-14-23(31-24)16-27-28-25(29)17-30-22-12-8-19(9-13-22)18-4-2-1-3-5-18/h1-16H,17H2,(H,28,29). The van der Waals surface area contributed by atoms with Crippen LogP contribution in [0.15, 0.2) is 101 Å². The first kappa shape index (κ1) is 20.1. The summed E-state index contributed by atoms with van der Waals surface area (Å²) in [5, 5.41) is 3.87. The Morgan fingerprint density at radius 1 is 0.871 bits per heavy atom. The van der Waals surface area contributed by atoms with Crippen molar-refractivity contribution in [3.63, 3.8) is 0 Å². The Balaban J connectivity index is 1.26. The van der Waals surface area contributed by atoms with E-state index in [0.29, 0.717) is 17.3 Å². The maximum atomic E-state index is 13.0. The summed E-state index contributed by atoms with van der Waals surface area (Å²) in [7, 11) is 0. The molecule has 0 atom stereocenters. The number of halogens is 1. The number of carbonyl (C=O) groups excluding carboxylic acids is 1. The molecule has 1 amide bonds. The summed E-state index contributed by atoms with van der Waals surface area (Å²) in [5.74, 6) is 0.920. The fraction of sp³-hybridized carbons (Fsp3) is 0.0400. The van der Waals surface area contributed by atoms with Crippen molar-refractivity contribution in [2.24, 2.45) is 5.10 Å². The van der Waals surface area contributed by atoms with Gasteiger partial charge >= 0.3 is 0 Å². The molecule has 1 N–H and O–H groups in total. The quantitative estimate of drug-likeness (QED) is 0.330. The van der Waals surface area contributed by atoms with Crippen LogP contribution in [0.1, 0.15) is 5.76 Å². The molecule has 3 aromatic carbocycles. The van der Waals surface area contributed by atoms with Crippen LogP contribution in [-0.2, 0) is 4.79 Å². The zero-order valence-electron chi connectivity index (χ0n) is 16.5. The fourth-order valence-corrected chi connectivity index (χ4v) is 2.91. The number of furan rings is 1. The van der Waals surface area contributed by atoms with Gasteiger partial charge in [0.05, 0.1) is 6.21 Å². The highest BCUT2D eigenvalue weighted by atomic mass is 19.1. The molecule has 154 valence electrons. The Morgan fingerprint density at radius 3 is 2.29 bits per heavy atom. The topological polar surface area (TPSA) is 63.8 Å². The van der Waals surface area contributed by atoms with Crippen molar-refractivity contribution in [2.75, 3.05) is 6.61 Å². The maximum Gasteiger partial charge on any atom is 0.277 e. The molecular weight excluding hydrogens is 395 g/mol. The van der Waals surface area contributed by atoms with Crippen LogP contribution in [0.2, 0.25) is 0 Å². The van der Waals surface area contributed by atoms with E-state index < -0.39 is 5.91 Å². The minimum atomic E-state index is -0.395. The van der Waals surface area contributed by atoms with Gasteiger partial charge in [-0.3, -0.25) is 4.79 Å². The van der Waals surface area contributed by atoms with Crippen LogP contribution < -0.4 is 10.2 Å². The monoisotopic (exact) mass is 414 g/mol. The average Bonchev–Trinajstić information content (AvgIpc) is 3.28. The summed E-state index contributed by atoms with van der Waals surface area (Å²) < 4.78 is 24.1. The Hall–Kier alpha value is -4.19. The highest BCUT2D eigenvalue weighted by molar-refractivity contribution is 5.81. The second-order valence-electron chi connectivity index (χ2n) is 6.68. The number of nitrogens with zero attached hydrogens (tertiary/aromatic N) is 1. The van der Waals surface area contributed by atoms with E-state index >= 15 is 0 Å². The molecule has 31 heavy (non-hydrogen) atoms. The molecule has 0 aliphatic rings. The van der Waals surface area contributed by atoms with Gasteiger partial charge in [0.1, 0.15) is 23.1 Å². The Bertz CT molecular complexity index is 1170. The second kappa shape index (κ2) is 9.54. The molecule has 0 saturated carbocycles. The zero-order chi connectivity index (χ0) is 21.5. The van der Waals surface area contributed by atoms with Crippen molar-refractivity contribution < 1.29 is 18.3 Å². The van der Waals surface area contributed by atoms with Crippen LogP contribution in [0.5, 0.6) is 5.75 Å². The van der Waals surface area contributed by atoms with Crippen LogP contribution in [0.4, 0.5) is 4.39 Å². The number of benzene rings is 3. The number of nitrogens with one attached hydrogen (secondary N) is 1. The molecule has 0 unspecified atom stereocenters. The average molecular weight is 414 g/mol. The summed E-state index contributed by atoms with van der Waals surface area (Å²) in [6.07, 6.45) is 1.39. The smallest absolute Gasteiger partial charge is 0.277 e. The summed E-state index contributed by atoms with van der Waals surface area (Å²) >= 11 is 0. The van der Waals surface area contributed by atoms with Crippen LogP contribution in [-0.4, -0.2) is 18.7 Å². The molecule has 4 aromatic rings. The minimum Gasteiger partial charge on any atom is -0.484 e. The van der Waals surface area contributed by atoms with Gasteiger partial charge in [0.25, 0.3) is 5.91 Å². The number of hydrogen-bond acceptors (Lipinski definition) is 4. The first-order valence-corrected chi connectivity index (χ1v) is 9.63. The minimum absolute atomic E-state index is 0.166. The lowest BCUT2D eigenvalue weighted by Gasteiger charge is -2.06. The molecular formula is C25H19FN2O3. The third-order valence-electron chi connectivity index (χ3n) is 4.47. The normalized spacial score (nSPS) is 10.9. The van der Waals surface area contributed by atoms with Gasteiger partial charge in [-0.1, -0.05) is 42.5 Å². The molecule has 0 aliphatic carbocycles. The number of amides is 1. The van der Waals surface area contributed by atoms with E-state index in [4.69, 9.17) is 9.15 Å². The van der Waals surface area contributed by atoms with Gasteiger partial charge in [0, 0.05) is 5.56 Å². The highest BCUT2D eigenvalue weighted by Crippen LogP contribution is 2.22. The Kier molecular flexibility index (Phi) is 6.18.